The lowest BCUT2D eigenvalue weighted by Crippen LogP contribution is -2.38. The molecule has 0 aliphatic carbocycles. The summed E-state index contributed by atoms with van der Waals surface area (Å²) >= 11 is 0. The number of rotatable bonds is 3. The number of aromatic nitrogens is 2. The highest BCUT2D eigenvalue weighted by Crippen LogP contribution is 2.18. The first-order valence-corrected chi connectivity index (χ1v) is 8.48. The van der Waals surface area contributed by atoms with Crippen LogP contribution in [-0.2, 0) is 11.8 Å². The van der Waals surface area contributed by atoms with Crippen molar-refractivity contribution in [1.29, 1.82) is 0 Å². The SMILES string of the molecule is CC(NC1CCCN(C(=O)OC(C)(C)C)CC1)c1ccnn1C. The molecule has 2 rings (SSSR count). The van der Waals surface area contributed by atoms with Gasteiger partial charge in [0, 0.05) is 38.4 Å². The van der Waals surface area contributed by atoms with Crippen molar-refractivity contribution in [1.82, 2.24) is 20.0 Å². The summed E-state index contributed by atoms with van der Waals surface area (Å²) in [7, 11) is 1.96. The van der Waals surface area contributed by atoms with Gasteiger partial charge in [-0.15, -0.1) is 0 Å². The Balaban J connectivity index is 1.86. The number of hydrogen-bond acceptors (Lipinski definition) is 4. The highest BCUT2D eigenvalue weighted by molar-refractivity contribution is 5.68. The molecule has 6 heteroatoms. The van der Waals surface area contributed by atoms with Crippen molar-refractivity contribution in [3.63, 3.8) is 0 Å². The first-order valence-electron chi connectivity index (χ1n) is 8.48. The second kappa shape index (κ2) is 7.34. The van der Waals surface area contributed by atoms with E-state index in [1.54, 1.807) is 0 Å². The van der Waals surface area contributed by atoms with Crippen molar-refractivity contribution in [3.05, 3.63) is 18.0 Å². The maximum Gasteiger partial charge on any atom is 0.410 e. The molecular weight excluding hydrogens is 292 g/mol. The molecule has 1 aromatic rings. The maximum atomic E-state index is 12.2. The van der Waals surface area contributed by atoms with Gasteiger partial charge in [-0.3, -0.25) is 4.68 Å². The second-order valence-electron chi connectivity index (χ2n) is 7.36. The fraction of sp³-hybridized carbons (Fsp3) is 0.765. The Morgan fingerprint density at radius 1 is 1.39 bits per heavy atom. The maximum absolute atomic E-state index is 12.2. The van der Waals surface area contributed by atoms with Crippen molar-refractivity contribution in [2.45, 2.75) is 64.6 Å². The largest absolute Gasteiger partial charge is 0.444 e. The van der Waals surface area contributed by atoms with Gasteiger partial charge in [0.2, 0.25) is 0 Å². The van der Waals surface area contributed by atoms with Crippen molar-refractivity contribution in [2.75, 3.05) is 13.1 Å². The van der Waals surface area contributed by atoms with Crippen molar-refractivity contribution >= 4 is 6.09 Å². The third-order valence-corrected chi connectivity index (χ3v) is 4.17. The molecule has 1 saturated heterocycles. The number of ether oxygens (including phenoxy) is 1. The molecule has 2 unspecified atom stereocenters. The Kier molecular flexibility index (Phi) is 5.68. The molecule has 0 aromatic carbocycles. The van der Waals surface area contributed by atoms with Gasteiger partial charge in [0.05, 0.1) is 5.69 Å². The summed E-state index contributed by atoms with van der Waals surface area (Å²) < 4.78 is 7.38. The van der Waals surface area contributed by atoms with Crippen LogP contribution in [0.15, 0.2) is 12.3 Å². The summed E-state index contributed by atoms with van der Waals surface area (Å²) in [6.07, 6.45) is 4.64. The smallest absolute Gasteiger partial charge is 0.410 e. The van der Waals surface area contributed by atoms with Gasteiger partial charge >= 0.3 is 6.09 Å². The van der Waals surface area contributed by atoms with E-state index in [1.807, 2.05) is 49.7 Å². The summed E-state index contributed by atoms with van der Waals surface area (Å²) in [6.45, 7) is 9.39. The topological polar surface area (TPSA) is 59.4 Å². The summed E-state index contributed by atoms with van der Waals surface area (Å²) in [4.78, 5) is 14.0. The third kappa shape index (κ3) is 5.23. The number of carbonyl (C=O) groups is 1. The zero-order valence-electron chi connectivity index (χ0n) is 15.0. The lowest BCUT2D eigenvalue weighted by molar-refractivity contribution is 0.0256. The molecule has 1 fully saturated rings. The van der Waals surface area contributed by atoms with Crippen LogP contribution in [0.3, 0.4) is 0 Å². The zero-order chi connectivity index (χ0) is 17.0. The predicted octanol–water partition coefficient (Wildman–Crippen LogP) is 2.86. The van der Waals surface area contributed by atoms with E-state index in [2.05, 4.69) is 17.3 Å². The van der Waals surface area contributed by atoms with E-state index in [0.29, 0.717) is 6.04 Å². The Labute approximate surface area is 139 Å². The van der Waals surface area contributed by atoms with E-state index in [0.717, 1.165) is 32.4 Å². The van der Waals surface area contributed by atoms with Gasteiger partial charge in [0.25, 0.3) is 0 Å². The van der Waals surface area contributed by atoms with Gasteiger partial charge in [-0.25, -0.2) is 4.79 Å². The summed E-state index contributed by atoms with van der Waals surface area (Å²) in [5, 5.41) is 7.90. The Bertz CT molecular complexity index is 521. The molecule has 0 spiro atoms. The number of likely N-dealkylation sites (tertiary alicyclic amines) is 1. The molecule has 1 amide bonds. The van der Waals surface area contributed by atoms with Crippen LogP contribution in [0.25, 0.3) is 0 Å². The first-order chi connectivity index (χ1) is 10.8. The predicted molar refractivity (Wildman–Crippen MR) is 90.2 cm³/mol. The molecule has 130 valence electrons. The van der Waals surface area contributed by atoms with Gasteiger partial charge in [-0.05, 0) is 53.0 Å². The summed E-state index contributed by atoms with van der Waals surface area (Å²) in [5.41, 5.74) is 0.744. The standard InChI is InChI=1S/C17H30N4O2/c1-13(15-8-10-18-20(15)5)19-14-7-6-11-21(12-9-14)16(22)23-17(2,3)4/h8,10,13-14,19H,6-7,9,11-12H2,1-5H3. The zero-order valence-corrected chi connectivity index (χ0v) is 15.0. The minimum absolute atomic E-state index is 0.196. The monoisotopic (exact) mass is 322 g/mol. The van der Waals surface area contributed by atoms with Crippen LogP contribution in [0.4, 0.5) is 4.79 Å². The molecule has 2 heterocycles. The van der Waals surface area contributed by atoms with Crippen LogP contribution in [0.1, 0.15) is 58.7 Å². The Morgan fingerprint density at radius 3 is 2.74 bits per heavy atom. The van der Waals surface area contributed by atoms with Gasteiger partial charge in [-0.1, -0.05) is 0 Å². The average Bonchev–Trinajstić information content (AvgIpc) is 2.72. The van der Waals surface area contributed by atoms with Crippen LogP contribution in [-0.4, -0.2) is 45.5 Å². The molecule has 6 nitrogen and oxygen atoms in total. The number of amides is 1. The van der Waals surface area contributed by atoms with E-state index in [9.17, 15) is 4.79 Å². The Morgan fingerprint density at radius 2 is 2.13 bits per heavy atom. The van der Waals surface area contributed by atoms with Gasteiger partial charge in [0.1, 0.15) is 5.60 Å². The quantitative estimate of drug-likeness (QED) is 0.929. The number of aryl methyl sites for hydroxylation is 1. The Hall–Kier alpha value is -1.56. The molecule has 0 radical (unpaired) electrons. The minimum Gasteiger partial charge on any atom is -0.444 e. The van der Waals surface area contributed by atoms with Crippen LogP contribution in [0.5, 0.6) is 0 Å². The third-order valence-electron chi connectivity index (χ3n) is 4.17. The van der Waals surface area contributed by atoms with Crippen molar-refractivity contribution < 1.29 is 9.53 Å². The van der Waals surface area contributed by atoms with Crippen molar-refractivity contribution in [3.8, 4) is 0 Å². The number of nitrogens with one attached hydrogen (secondary N) is 1. The van der Waals surface area contributed by atoms with E-state index in [-0.39, 0.29) is 12.1 Å². The molecule has 1 N–H and O–H groups in total. The molecule has 1 aliphatic rings. The van der Waals surface area contributed by atoms with Crippen LogP contribution in [0.2, 0.25) is 0 Å². The van der Waals surface area contributed by atoms with E-state index in [4.69, 9.17) is 4.74 Å². The van der Waals surface area contributed by atoms with Crippen molar-refractivity contribution in [2.24, 2.45) is 7.05 Å². The molecule has 1 aromatic heterocycles. The van der Waals surface area contributed by atoms with Crippen LogP contribution < -0.4 is 5.32 Å². The second-order valence-corrected chi connectivity index (χ2v) is 7.36. The fourth-order valence-electron chi connectivity index (χ4n) is 3.02. The number of nitrogens with zero attached hydrogens (tertiary/aromatic N) is 3. The summed E-state index contributed by atoms with van der Waals surface area (Å²) in [6, 6.07) is 2.70. The highest BCUT2D eigenvalue weighted by Gasteiger charge is 2.26. The molecular formula is C17H30N4O2. The van der Waals surface area contributed by atoms with E-state index in [1.165, 1.54) is 5.69 Å². The van der Waals surface area contributed by atoms with E-state index >= 15 is 0 Å². The normalized spacial score (nSPS) is 20.9. The molecule has 2 atom stereocenters. The number of hydrogen-bond donors (Lipinski definition) is 1. The lowest BCUT2D eigenvalue weighted by Gasteiger charge is -2.26. The van der Waals surface area contributed by atoms with Crippen LogP contribution >= 0.6 is 0 Å². The fourth-order valence-corrected chi connectivity index (χ4v) is 3.02. The minimum atomic E-state index is -0.435. The molecule has 0 bridgehead atoms. The lowest BCUT2D eigenvalue weighted by atomic mass is 10.1. The molecule has 23 heavy (non-hydrogen) atoms. The van der Waals surface area contributed by atoms with Crippen LogP contribution in [0, 0.1) is 0 Å². The average molecular weight is 322 g/mol. The van der Waals surface area contributed by atoms with Gasteiger partial charge < -0.3 is 15.0 Å². The summed E-state index contributed by atoms with van der Waals surface area (Å²) in [5.74, 6) is 0. The number of carbonyl (C=O) groups excluding carboxylic acids is 1. The first kappa shape index (κ1) is 17.8. The van der Waals surface area contributed by atoms with Gasteiger partial charge in [-0.2, -0.15) is 5.10 Å². The molecule has 0 saturated carbocycles. The molecule has 1 aliphatic heterocycles. The van der Waals surface area contributed by atoms with E-state index < -0.39 is 5.60 Å². The highest BCUT2D eigenvalue weighted by atomic mass is 16.6. The van der Waals surface area contributed by atoms with Gasteiger partial charge in [0.15, 0.2) is 0 Å².